The summed E-state index contributed by atoms with van der Waals surface area (Å²) in [6, 6.07) is 3.99. The minimum atomic E-state index is 0.266. The van der Waals surface area contributed by atoms with Gasteiger partial charge in [-0.05, 0) is 29.4 Å². The van der Waals surface area contributed by atoms with Crippen LogP contribution in [0.25, 0.3) is 0 Å². The second kappa shape index (κ2) is 4.44. The lowest BCUT2D eigenvalue weighted by atomic mass is 9.78. The minimum absolute atomic E-state index is 0.266. The van der Waals surface area contributed by atoms with Crippen molar-refractivity contribution >= 4 is 0 Å². The fourth-order valence-electron chi connectivity index (χ4n) is 1.33. The van der Waals surface area contributed by atoms with Crippen molar-refractivity contribution in [3.63, 3.8) is 0 Å². The molecule has 0 spiro atoms. The molecular formula is C13H18N2. The van der Waals surface area contributed by atoms with Gasteiger partial charge in [0.05, 0.1) is 11.6 Å². The molecule has 0 amide bonds. The Bertz CT molecular complexity index is 369. The van der Waals surface area contributed by atoms with Crippen LogP contribution in [0.5, 0.6) is 0 Å². The molecule has 80 valence electrons. The molecule has 1 heterocycles. The number of hydrogen-bond donors (Lipinski definition) is 0. The van der Waals surface area contributed by atoms with E-state index in [2.05, 4.69) is 38.7 Å². The van der Waals surface area contributed by atoms with Gasteiger partial charge in [-0.25, -0.2) is 0 Å². The van der Waals surface area contributed by atoms with Crippen LogP contribution in [0, 0.1) is 22.7 Å². The van der Waals surface area contributed by atoms with Crippen LogP contribution in [0.15, 0.2) is 18.5 Å². The summed E-state index contributed by atoms with van der Waals surface area (Å²) < 4.78 is 0. The van der Waals surface area contributed by atoms with Crippen LogP contribution < -0.4 is 0 Å². The lowest BCUT2D eigenvalue weighted by Crippen LogP contribution is -2.19. The number of aromatic nitrogens is 1. The van der Waals surface area contributed by atoms with Crippen LogP contribution in [-0.4, -0.2) is 4.98 Å². The highest BCUT2D eigenvalue weighted by molar-refractivity contribution is 5.35. The van der Waals surface area contributed by atoms with E-state index in [0.717, 1.165) is 17.5 Å². The van der Waals surface area contributed by atoms with Crippen molar-refractivity contribution in [2.24, 2.45) is 11.3 Å². The first kappa shape index (κ1) is 11.7. The first-order valence-corrected chi connectivity index (χ1v) is 5.28. The number of nitrogens with zero attached hydrogens (tertiary/aromatic N) is 2. The Morgan fingerprint density at radius 1 is 1.47 bits per heavy atom. The molecule has 0 aliphatic heterocycles. The Kier molecular flexibility index (Phi) is 3.47. The second-order valence-corrected chi connectivity index (χ2v) is 5.12. The lowest BCUT2D eigenvalue weighted by molar-refractivity contribution is 0.260. The van der Waals surface area contributed by atoms with Crippen LogP contribution in [0.3, 0.4) is 0 Å². The maximum absolute atomic E-state index is 8.96. The molecule has 1 aromatic rings. The highest BCUT2D eigenvalue weighted by atomic mass is 14.6. The molecule has 1 unspecified atom stereocenters. The Morgan fingerprint density at radius 3 is 2.67 bits per heavy atom. The van der Waals surface area contributed by atoms with Crippen molar-refractivity contribution in [2.45, 2.75) is 34.1 Å². The van der Waals surface area contributed by atoms with Gasteiger partial charge in [-0.2, -0.15) is 5.26 Å². The summed E-state index contributed by atoms with van der Waals surface area (Å²) >= 11 is 0. The van der Waals surface area contributed by atoms with Crippen molar-refractivity contribution in [2.75, 3.05) is 0 Å². The van der Waals surface area contributed by atoms with Gasteiger partial charge in [-0.15, -0.1) is 0 Å². The van der Waals surface area contributed by atoms with E-state index in [9.17, 15) is 0 Å². The number of nitriles is 1. The third-order valence-electron chi connectivity index (χ3n) is 3.03. The maximum atomic E-state index is 8.96. The summed E-state index contributed by atoms with van der Waals surface area (Å²) in [5, 5.41) is 8.96. The average molecular weight is 202 g/mol. The van der Waals surface area contributed by atoms with Crippen LogP contribution >= 0.6 is 0 Å². The molecule has 0 fully saturated rings. The standard InChI is InChI=1S/C13H18N2/c1-10(13(2,3)4)7-12-9-15-6-5-11(12)8-14/h5-6,9-10H,7H2,1-4H3. The van der Waals surface area contributed by atoms with Crippen molar-refractivity contribution < 1.29 is 0 Å². The molecule has 0 bridgehead atoms. The molecule has 1 aromatic heterocycles. The van der Waals surface area contributed by atoms with Gasteiger partial charge in [0.25, 0.3) is 0 Å². The molecule has 0 saturated carbocycles. The zero-order valence-corrected chi connectivity index (χ0v) is 9.91. The predicted octanol–water partition coefficient (Wildman–Crippen LogP) is 3.18. The van der Waals surface area contributed by atoms with E-state index in [1.165, 1.54) is 0 Å². The molecule has 0 aromatic carbocycles. The van der Waals surface area contributed by atoms with Crippen molar-refractivity contribution in [1.82, 2.24) is 4.98 Å². The van der Waals surface area contributed by atoms with E-state index < -0.39 is 0 Å². The van der Waals surface area contributed by atoms with Crippen LogP contribution in [-0.2, 0) is 6.42 Å². The summed E-state index contributed by atoms with van der Waals surface area (Å²) in [7, 11) is 0. The van der Waals surface area contributed by atoms with E-state index in [1.54, 1.807) is 18.5 Å². The quantitative estimate of drug-likeness (QED) is 0.738. The largest absolute Gasteiger partial charge is 0.264 e. The molecule has 2 heteroatoms. The molecule has 2 nitrogen and oxygen atoms in total. The van der Waals surface area contributed by atoms with E-state index in [0.29, 0.717) is 5.92 Å². The number of hydrogen-bond acceptors (Lipinski definition) is 2. The summed E-state index contributed by atoms with van der Waals surface area (Å²) in [6.07, 6.45) is 4.39. The summed E-state index contributed by atoms with van der Waals surface area (Å²) in [6.45, 7) is 8.88. The summed E-state index contributed by atoms with van der Waals surface area (Å²) in [5.41, 5.74) is 2.08. The van der Waals surface area contributed by atoms with Gasteiger partial charge < -0.3 is 0 Å². The van der Waals surface area contributed by atoms with Gasteiger partial charge in [-0.3, -0.25) is 4.98 Å². The fraction of sp³-hybridized carbons (Fsp3) is 0.538. The highest BCUT2D eigenvalue weighted by Crippen LogP contribution is 2.28. The van der Waals surface area contributed by atoms with E-state index >= 15 is 0 Å². The normalized spacial score (nSPS) is 13.3. The first-order chi connectivity index (χ1) is 6.95. The molecule has 1 rings (SSSR count). The summed E-state index contributed by atoms with van der Waals surface area (Å²) in [4.78, 5) is 4.08. The van der Waals surface area contributed by atoms with Crippen molar-refractivity contribution in [1.29, 1.82) is 5.26 Å². The minimum Gasteiger partial charge on any atom is -0.264 e. The molecular weight excluding hydrogens is 184 g/mol. The molecule has 0 aliphatic rings. The lowest BCUT2D eigenvalue weighted by Gasteiger charge is -2.27. The van der Waals surface area contributed by atoms with E-state index in [4.69, 9.17) is 5.26 Å². The van der Waals surface area contributed by atoms with Crippen molar-refractivity contribution in [3.8, 4) is 6.07 Å². The third kappa shape index (κ3) is 3.06. The van der Waals surface area contributed by atoms with Crippen LogP contribution in [0.1, 0.15) is 38.8 Å². The van der Waals surface area contributed by atoms with Crippen LogP contribution in [0.2, 0.25) is 0 Å². The van der Waals surface area contributed by atoms with Crippen molar-refractivity contribution in [3.05, 3.63) is 29.6 Å². The molecule has 15 heavy (non-hydrogen) atoms. The monoisotopic (exact) mass is 202 g/mol. The third-order valence-corrected chi connectivity index (χ3v) is 3.03. The molecule has 0 aliphatic carbocycles. The number of rotatable bonds is 2. The number of pyridine rings is 1. The average Bonchev–Trinajstić information content (AvgIpc) is 2.17. The smallest absolute Gasteiger partial charge is 0.0995 e. The van der Waals surface area contributed by atoms with Crippen LogP contribution in [0.4, 0.5) is 0 Å². The fourth-order valence-corrected chi connectivity index (χ4v) is 1.33. The molecule has 0 radical (unpaired) electrons. The topological polar surface area (TPSA) is 36.7 Å². The van der Waals surface area contributed by atoms with Gasteiger partial charge in [-0.1, -0.05) is 27.7 Å². The Labute approximate surface area is 92.0 Å². The molecule has 0 N–H and O–H groups in total. The predicted molar refractivity (Wildman–Crippen MR) is 61.3 cm³/mol. The van der Waals surface area contributed by atoms with Gasteiger partial charge >= 0.3 is 0 Å². The first-order valence-electron chi connectivity index (χ1n) is 5.28. The SMILES string of the molecule is CC(Cc1cnccc1C#N)C(C)(C)C. The Hall–Kier alpha value is -1.36. The van der Waals surface area contributed by atoms with Gasteiger partial charge in [0.15, 0.2) is 0 Å². The highest BCUT2D eigenvalue weighted by Gasteiger charge is 2.21. The second-order valence-electron chi connectivity index (χ2n) is 5.12. The molecule has 1 atom stereocenters. The summed E-state index contributed by atoms with van der Waals surface area (Å²) in [5.74, 6) is 0.536. The Balaban J connectivity index is 2.86. The van der Waals surface area contributed by atoms with E-state index in [1.807, 2.05) is 0 Å². The molecule has 0 saturated heterocycles. The van der Waals surface area contributed by atoms with E-state index in [-0.39, 0.29) is 5.41 Å². The zero-order valence-electron chi connectivity index (χ0n) is 9.91. The Morgan fingerprint density at radius 2 is 2.13 bits per heavy atom. The maximum Gasteiger partial charge on any atom is 0.0995 e. The van der Waals surface area contributed by atoms with Gasteiger partial charge in [0.2, 0.25) is 0 Å². The zero-order chi connectivity index (χ0) is 11.5. The van der Waals surface area contributed by atoms with Gasteiger partial charge in [0.1, 0.15) is 0 Å². The van der Waals surface area contributed by atoms with Gasteiger partial charge in [0, 0.05) is 12.4 Å².